The number of carbonyl (C=O) groups is 1. The summed E-state index contributed by atoms with van der Waals surface area (Å²) in [6, 6.07) is 0.261. The van der Waals surface area contributed by atoms with Crippen molar-refractivity contribution >= 4 is 22.9 Å². The summed E-state index contributed by atoms with van der Waals surface area (Å²) in [5.74, 6) is 0.277. The first kappa shape index (κ1) is 20.4. The number of nitrogens with two attached hydrogens (primary N) is 1. The van der Waals surface area contributed by atoms with Gasteiger partial charge in [-0.2, -0.15) is 9.97 Å². The van der Waals surface area contributed by atoms with Gasteiger partial charge in [0.15, 0.2) is 5.65 Å². The van der Waals surface area contributed by atoms with Crippen molar-refractivity contribution < 1.29 is 10.1 Å². The minimum Gasteiger partial charge on any atom is -0.355 e. The molecule has 0 spiro atoms. The highest BCUT2D eigenvalue weighted by Crippen LogP contribution is 2.30. The van der Waals surface area contributed by atoms with Crippen molar-refractivity contribution in [1.29, 1.82) is 0 Å². The van der Waals surface area contributed by atoms with Crippen molar-refractivity contribution in [2.75, 3.05) is 34.2 Å². The maximum absolute atomic E-state index is 12.8. The van der Waals surface area contributed by atoms with E-state index in [-0.39, 0.29) is 22.9 Å². The van der Waals surface area contributed by atoms with Crippen LogP contribution in [0.1, 0.15) is 54.9 Å². The molecule has 8 nitrogen and oxygen atoms in total. The molecule has 3 N–H and O–H groups in total. The number of fused-ring (bicyclic) bond motifs is 1. The molecule has 2 heterocycles. The van der Waals surface area contributed by atoms with E-state index in [4.69, 9.17) is 4.98 Å². The summed E-state index contributed by atoms with van der Waals surface area (Å²) in [7, 11) is 5.65. The quantitative estimate of drug-likeness (QED) is 0.685. The molecule has 0 bridgehead atoms. The molecular formula is C20H31N6O2+. The van der Waals surface area contributed by atoms with Crippen LogP contribution < -0.4 is 16.1 Å². The smallest absolute Gasteiger partial charge is 0.327 e. The van der Waals surface area contributed by atoms with Crippen LogP contribution in [-0.4, -0.2) is 59.6 Å². The number of amides is 1. The molecule has 0 aromatic carbocycles. The van der Waals surface area contributed by atoms with Crippen molar-refractivity contribution in [3.05, 3.63) is 28.2 Å². The summed E-state index contributed by atoms with van der Waals surface area (Å²) in [6.07, 6.45) is 9.92. The molecule has 1 aliphatic carbocycles. The number of rotatable bonds is 7. The molecule has 2 aromatic rings. The first-order valence-corrected chi connectivity index (χ1v) is 10.1. The third kappa shape index (κ3) is 4.56. The number of carbonyl (C=O) groups excluding carboxylic acids is 1. The van der Waals surface area contributed by atoms with Crippen LogP contribution in [0.4, 0.5) is 5.95 Å². The molecule has 1 fully saturated rings. The second-order valence-electron chi connectivity index (χ2n) is 7.77. The molecule has 0 saturated heterocycles. The van der Waals surface area contributed by atoms with Crippen LogP contribution in [-0.2, 0) is 0 Å². The van der Waals surface area contributed by atoms with Gasteiger partial charge in [-0.25, -0.2) is 0 Å². The molecular weight excluding hydrogens is 356 g/mol. The van der Waals surface area contributed by atoms with Crippen LogP contribution in [0, 0.1) is 0 Å². The molecule has 0 radical (unpaired) electrons. The molecule has 8 heteroatoms. The van der Waals surface area contributed by atoms with E-state index in [0.29, 0.717) is 17.0 Å². The number of quaternary nitrogens is 1. The average Bonchev–Trinajstić information content (AvgIpc) is 2.71. The van der Waals surface area contributed by atoms with E-state index < -0.39 is 0 Å². The maximum atomic E-state index is 12.8. The zero-order valence-corrected chi connectivity index (χ0v) is 17.1. The highest BCUT2D eigenvalue weighted by atomic mass is 16.2. The zero-order valence-electron chi connectivity index (χ0n) is 17.1. The predicted molar refractivity (Wildman–Crippen MR) is 109 cm³/mol. The standard InChI is InChI=1S/C20H30N6O2/c1-21-19(28)16-13-26(14-8-5-4-6-9-14)18-15(17(16)27)12-23-20(24-18)22-10-7-11-25(2)3/h12-14H,4-11H2,1-3H3,(H,21,28)(H,22,23,24)/p+1. The Balaban J connectivity index is 1.99. The summed E-state index contributed by atoms with van der Waals surface area (Å²) in [5, 5.41) is 5.00. The molecule has 152 valence electrons. The third-order valence-electron chi connectivity index (χ3n) is 5.37. The first-order chi connectivity index (χ1) is 13.5. The van der Waals surface area contributed by atoms with Crippen molar-refractivity contribution in [3.8, 4) is 0 Å². The lowest BCUT2D eigenvalue weighted by atomic mass is 9.95. The topological polar surface area (TPSA) is 96.7 Å². The Morgan fingerprint density at radius 2 is 2.07 bits per heavy atom. The number of pyridine rings is 1. The van der Waals surface area contributed by atoms with Gasteiger partial charge in [0, 0.05) is 38.4 Å². The third-order valence-corrected chi connectivity index (χ3v) is 5.37. The Bertz CT molecular complexity index is 886. The number of nitrogens with one attached hydrogen (secondary N) is 1. The molecule has 28 heavy (non-hydrogen) atoms. The Morgan fingerprint density at radius 1 is 1.32 bits per heavy atom. The SMILES string of the molecule is CNC(=O)c1cn(C2CCCCC2)c2nc([NH2+]CCCN(C)C)ncc2c1=O. The molecule has 1 amide bonds. The summed E-state index contributed by atoms with van der Waals surface area (Å²) in [4.78, 5) is 36.3. The van der Waals surface area contributed by atoms with Gasteiger partial charge in [-0.1, -0.05) is 19.3 Å². The van der Waals surface area contributed by atoms with Gasteiger partial charge >= 0.3 is 5.95 Å². The molecule has 0 atom stereocenters. The summed E-state index contributed by atoms with van der Waals surface area (Å²) in [6.45, 7) is 1.89. The maximum Gasteiger partial charge on any atom is 0.327 e. The van der Waals surface area contributed by atoms with Crippen molar-refractivity contribution in [1.82, 2.24) is 24.8 Å². The fraction of sp³-hybridized carbons (Fsp3) is 0.600. The second kappa shape index (κ2) is 9.25. The number of nitrogens with zero attached hydrogens (tertiary/aromatic N) is 4. The van der Waals surface area contributed by atoms with Gasteiger partial charge in [-0.15, -0.1) is 0 Å². The van der Waals surface area contributed by atoms with E-state index in [1.807, 2.05) is 9.88 Å². The zero-order chi connectivity index (χ0) is 20.1. The lowest BCUT2D eigenvalue weighted by molar-refractivity contribution is -0.579. The van der Waals surface area contributed by atoms with E-state index in [0.717, 1.165) is 45.2 Å². The normalized spacial score (nSPS) is 15.3. The van der Waals surface area contributed by atoms with Gasteiger partial charge in [0.2, 0.25) is 5.43 Å². The Labute approximate surface area is 165 Å². The molecule has 1 saturated carbocycles. The summed E-state index contributed by atoms with van der Waals surface area (Å²) >= 11 is 0. The molecule has 3 rings (SSSR count). The molecule has 1 aliphatic rings. The van der Waals surface area contributed by atoms with Crippen LogP contribution in [0.5, 0.6) is 0 Å². The van der Waals surface area contributed by atoms with Gasteiger partial charge in [-0.05, 0) is 26.9 Å². The van der Waals surface area contributed by atoms with E-state index in [9.17, 15) is 9.59 Å². The lowest BCUT2D eigenvalue weighted by Crippen LogP contribution is -2.79. The lowest BCUT2D eigenvalue weighted by Gasteiger charge is -2.26. The van der Waals surface area contributed by atoms with Crippen LogP contribution in [0.25, 0.3) is 11.0 Å². The van der Waals surface area contributed by atoms with Gasteiger partial charge in [0.25, 0.3) is 5.91 Å². The highest BCUT2D eigenvalue weighted by molar-refractivity contribution is 5.96. The Hall–Kier alpha value is -2.32. The van der Waals surface area contributed by atoms with Gasteiger partial charge in [0.05, 0.1) is 11.9 Å². The van der Waals surface area contributed by atoms with Crippen molar-refractivity contribution in [2.45, 2.75) is 44.6 Å². The average molecular weight is 388 g/mol. The van der Waals surface area contributed by atoms with Crippen LogP contribution in [0.2, 0.25) is 0 Å². The monoisotopic (exact) mass is 387 g/mol. The fourth-order valence-corrected chi connectivity index (χ4v) is 3.82. The largest absolute Gasteiger partial charge is 0.355 e. The van der Waals surface area contributed by atoms with E-state index in [1.54, 1.807) is 19.4 Å². The Kier molecular flexibility index (Phi) is 6.74. The molecule has 2 aromatic heterocycles. The number of hydrogen-bond acceptors (Lipinski definition) is 5. The second-order valence-corrected chi connectivity index (χ2v) is 7.77. The molecule has 0 aliphatic heterocycles. The number of hydrogen-bond donors (Lipinski definition) is 2. The van der Waals surface area contributed by atoms with Gasteiger partial charge in [0.1, 0.15) is 5.56 Å². The minimum atomic E-state index is -0.365. The minimum absolute atomic E-state index is 0.159. The summed E-state index contributed by atoms with van der Waals surface area (Å²) < 4.78 is 2.04. The van der Waals surface area contributed by atoms with Crippen LogP contribution in [0.3, 0.4) is 0 Å². The van der Waals surface area contributed by atoms with E-state index in [2.05, 4.69) is 29.3 Å². The van der Waals surface area contributed by atoms with E-state index in [1.165, 1.54) is 6.42 Å². The summed E-state index contributed by atoms with van der Waals surface area (Å²) in [5.41, 5.74) is 0.492. The Morgan fingerprint density at radius 3 is 2.75 bits per heavy atom. The highest BCUT2D eigenvalue weighted by Gasteiger charge is 2.22. The predicted octanol–water partition coefficient (Wildman–Crippen LogP) is 0.803. The van der Waals surface area contributed by atoms with E-state index >= 15 is 0 Å². The molecule has 0 unspecified atom stereocenters. The van der Waals surface area contributed by atoms with Gasteiger partial charge in [-0.3, -0.25) is 14.9 Å². The van der Waals surface area contributed by atoms with Crippen molar-refractivity contribution in [2.24, 2.45) is 0 Å². The van der Waals surface area contributed by atoms with Crippen LogP contribution >= 0.6 is 0 Å². The van der Waals surface area contributed by atoms with Crippen LogP contribution in [0.15, 0.2) is 17.2 Å². The fourth-order valence-electron chi connectivity index (χ4n) is 3.82. The van der Waals surface area contributed by atoms with Gasteiger partial charge < -0.3 is 14.8 Å². The number of aromatic nitrogens is 3. The van der Waals surface area contributed by atoms with Crippen molar-refractivity contribution in [3.63, 3.8) is 0 Å². The first-order valence-electron chi connectivity index (χ1n) is 10.1.